The largest absolute Gasteiger partial charge is 0.481 e. The van der Waals surface area contributed by atoms with Gasteiger partial charge in [-0.15, -0.1) is 0 Å². The number of ether oxygens (including phenoxy) is 2. The molecule has 6 rings (SSSR count). The zero-order chi connectivity index (χ0) is 26.9. The van der Waals surface area contributed by atoms with Gasteiger partial charge in [0.2, 0.25) is 5.88 Å². The van der Waals surface area contributed by atoms with Gasteiger partial charge in [0, 0.05) is 74.5 Å². The van der Waals surface area contributed by atoms with Crippen LogP contribution in [0.1, 0.15) is 47.7 Å². The fourth-order valence-electron chi connectivity index (χ4n) is 6.08. The van der Waals surface area contributed by atoms with Gasteiger partial charge in [0.15, 0.2) is 5.82 Å². The quantitative estimate of drug-likeness (QED) is 0.547. The maximum Gasteiger partial charge on any atom is 0.317 e. The van der Waals surface area contributed by atoms with Gasteiger partial charge in [-0.25, -0.2) is 9.78 Å². The fraction of sp³-hybridized carbons (Fsp3) is 0.448. The maximum absolute atomic E-state index is 12.6. The van der Waals surface area contributed by atoms with Crippen LogP contribution in [0.4, 0.5) is 16.3 Å². The molecule has 0 spiro atoms. The molecular formula is C29H33N7O3. The molecule has 39 heavy (non-hydrogen) atoms. The summed E-state index contributed by atoms with van der Waals surface area (Å²) < 4.78 is 13.2. The lowest BCUT2D eigenvalue weighted by atomic mass is 9.92. The van der Waals surface area contributed by atoms with Crippen LogP contribution in [0.3, 0.4) is 0 Å². The minimum absolute atomic E-state index is 0.0753. The summed E-state index contributed by atoms with van der Waals surface area (Å²) in [5.41, 5.74) is 6.88. The highest BCUT2D eigenvalue weighted by molar-refractivity contribution is 5.80. The van der Waals surface area contributed by atoms with Crippen LogP contribution in [0.15, 0.2) is 30.5 Å². The molecule has 0 bridgehead atoms. The highest BCUT2D eigenvalue weighted by atomic mass is 16.5. The Morgan fingerprint density at radius 2 is 2.05 bits per heavy atom. The van der Waals surface area contributed by atoms with Gasteiger partial charge in [0.1, 0.15) is 0 Å². The molecule has 2 amide bonds. The summed E-state index contributed by atoms with van der Waals surface area (Å²) in [4.78, 5) is 20.9. The molecule has 202 valence electrons. The van der Waals surface area contributed by atoms with E-state index in [4.69, 9.17) is 14.6 Å². The Kier molecular flexibility index (Phi) is 6.83. The number of anilines is 2. The molecule has 3 aromatic rings. The molecule has 10 heteroatoms. The first-order valence-electron chi connectivity index (χ1n) is 13.6. The molecule has 3 aliphatic rings. The van der Waals surface area contributed by atoms with Crippen LogP contribution in [0.25, 0.3) is 11.1 Å². The number of carbonyl (C=O) groups excluding carboxylic acids is 1. The summed E-state index contributed by atoms with van der Waals surface area (Å²) in [6.45, 7) is 3.45. The zero-order valence-electron chi connectivity index (χ0n) is 22.4. The minimum Gasteiger partial charge on any atom is -0.481 e. The molecule has 0 atom stereocenters. The van der Waals surface area contributed by atoms with Gasteiger partial charge in [-0.05, 0) is 55.0 Å². The second-order valence-electron chi connectivity index (χ2n) is 10.2. The van der Waals surface area contributed by atoms with Crippen molar-refractivity contribution < 1.29 is 14.3 Å². The first-order chi connectivity index (χ1) is 19.1. The van der Waals surface area contributed by atoms with E-state index in [1.807, 2.05) is 23.1 Å². The van der Waals surface area contributed by atoms with Crippen molar-refractivity contribution in [2.24, 2.45) is 0 Å². The van der Waals surface area contributed by atoms with Crippen molar-refractivity contribution in [3.05, 3.63) is 52.8 Å². The third-order valence-corrected chi connectivity index (χ3v) is 8.07. The number of rotatable bonds is 4. The van der Waals surface area contributed by atoms with Gasteiger partial charge in [-0.2, -0.15) is 10.4 Å². The number of hydrogen-bond acceptors (Lipinski definition) is 7. The van der Waals surface area contributed by atoms with Crippen molar-refractivity contribution in [1.29, 1.82) is 5.26 Å². The van der Waals surface area contributed by atoms with Crippen LogP contribution >= 0.6 is 0 Å². The Bertz CT molecular complexity index is 1440. The number of hydrogen-bond donors (Lipinski definition) is 1. The van der Waals surface area contributed by atoms with Gasteiger partial charge >= 0.3 is 6.03 Å². The molecule has 2 aromatic heterocycles. The molecule has 1 saturated heterocycles. The molecule has 1 N–H and O–H groups in total. The number of urea groups is 1. The normalized spacial score (nSPS) is 17.3. The van der Waals surface area contributed by atoms with Crippen molar-refractivity contribution in [1.82, 2.24) is 25.0 Å². The van der Waals surface area contributed by atoms with Crippen LogP contribution in [0.5, 0.6) is 5.88 Å². The Morgan fingerprint density at radius 1 is 1.21 bits per heavy atom. The van der Waals surface area contributed by atoms with E-state index in [9.17, 15) is 10.1 Å². The van der Waals surface area contributed by atoms with Crippen LogP contribution in [-0.4, -0.2) is 66.2 Å². The summed E-state index contributed by atoms with van der Waals surface area (Å²) >= 11 is 0. The predicted molar refractivity (Wildman–Crippen MR) is 146 cm³/mol. The summed E-state index contributed by atoms with van der Waals surface area (Å²) in [6, 6.07) is 10.5. The monoisotopic (exact) mass is 527 g/mol. The smallest absolute Gasteiger partial charge is 0.317 e. The topological polar surface area (TPSA) is 109 Å². The average molecular weight is 528 g/mol. The van der Waals surface area contributed by atoms with E-state index < -0.39 is 0 Å². The average Bonchev–Trinajstić information content (AvgIpc) is 3.38. The second kappa shape index (κ2) is 10.6. The molecule has 1 aromatic carbocycles. The summed E-state index contributed by atoms with van der Waals surface area (Å²) in [5.74, 6) is 1.41. The predicted octanol–water partition coefficient (Wildman–Crippen LogP) is 3.96. The number of carbonyl (C=O) groups is 1. The lowest BCUT2D eigenvalue weighted by Gasteiger charge is -2.33. The number of benzene rings is 1. The third-order valence-electron chi connectivity index (χ3n) is 8.07. The summed E-state index contributed by atoms with van der Waals surface area (Å²) in [7, 11) is 3.26. The van der Waals surface area contributed by atoms with Crippen LogP contribution in [-0.2, 0) is 24.1 Å². The number of fused-ring (bicyclic) bond motifs is 2. The number of methoxy groups -OCH3 is 1. The SMILES string of the molecule is CNC(=O)N1CCc2c(c(N3CCCc4cc(-c5ccnc(OC)c5)c(C#N)cc43)nn2C2CCOCC2)C1. The van der Waals surface area contributed by atoms with Crippen molar-refractivity contribution in [2.75, 3.05) is 45.4 Å². The Labute approximate surface area is 228 Å². The molecule has 5 heterocycles. The fourth-order valence-corrected chi connectivity index (χ4v) is 6.08. The van der Waals surface area contributed by atoms with E-state index in [1.165, 1.54) is 11.3 Å². The van der Waals surface area contributed by atoms with Gasteiger partial charge in [-0.3, -0.25) is 4.68 Å². The van der Waals surface area contributed by atoms with E-state index in [2.05, 4.69) is 32.0 Å². The summed E-state index contributed by atoms with van der Waals surface area (Å²) in [5, 5.41) is 18.2. The Morgan fingerprint density at radius 3 is 2.82 bits per heavy atom. The van der Waals surface area contributed by atoms with Crippen molar-refractivity contribution >= 4 is 17.5 Å². The number of pyridine rings is 1. The Hall–Kier alpha value is -4.10. The molecule has 0 unspecified atom stereocenters. The minimum atomic E-state index is -0.0753. The first-order valence-corrected chi connectivity index (χ1v) is 13.6. The van der Waals surface area contributed by atoms with Crippen molar-refractivity contribution in [3.63, 3.8) is 0 Å². The molecule has 10 nitrogen and oxygen atoms in total. The molecular weight excluding hydrogens is 494 g/mol. The van der Waals surface area contributed by atoms with E-state index in [0.29, 0.717) is 24.5 Å². The van der Waals surface area contributed by atoms with Gasteiger partial charge in [-0.1, -0.05) is 0 Å². The number of aromatic nitrogens is 3. The van der Waals surface area contributed by atoms with Crippen LogP contribution in [0, 0.1) is 11.3 Å². The number of nitrogens with zero attached hydrogens (tertiary/aromatic N) is 6. The second-order valence-corrected chi connectivity index (χ2v) is 10.2. The van der Waals surface area contributed by atoms with Gasteiger partial charge in [0.25, 0.3) is 0 Å². The third kappa shape index (κ3) is 4.57. The lowest BCUT2D eigenvalue weighted by molar-refractivity contribution is 0.0651. The molecule has 1 fully saturated rings. The standard InChI is InChI=1S/C29H33N7O3/c1-31-29(37)34-11-6-25-24(18-34)28(33-36(25)22-7-12-39-13-8-22)35-10-3-4-20-14-23(21(17-30)15-26(20)35)19-5-9-32-27(16-19)38-2/h5,9,14-16,22H,3-4,6-8,10-13,18H2,1-2H3,(H,31,37). The van der Waals surface area contributed by atoms with E-state index in [-0.39, 0.29) is 12.1 Å². The maximum atomic E-state index is 12.6. The number of nitrogens with one attached hydrogen (secondary N) is 1. The Balaban J connectivity index is 1.45. The highest BCUT2D eigenvalue weighted by Gasteiger charge is 2.34. The van der Waals surface area contributed by atoms with Crippen LogP contribution in [0.2, 0.25) is 0 Å². The van der Waals surface area contributed by atoms with Crippen LogP contribution < -0.4 is 15.0 Å². The first kappa shape index (κ1) is 25.2. The van der Waals surface area contributed by atoms with Crippen molar-refractivity contribution in [2.45, 2.75) is 44.7 Å². The molecule has 3 aliphatic heterocycles. The lowest BCUT2D eigenvalue weighted by Crippen LogP contribution is -2.42. The van der Waals surface area contributed by atoms with E-state index >= 15 is 0 Å². The number of amides is 2. The molecule has 0 aliphatic carbocycles. The molecule has 0 radical (unpaired) electrons. The summed E-state index contributed by atoms with van der Waals surface area (Å²) in [6.07, 6.45) is 6.21. The van der Waals surface area contributed by atoms with Gasteiger partial charge in [0.05, 0.1) is 31.3 Å². The zero-order valence-corrected chi connectivity index (χ0v) is 22.4. The highest BCUT2D eigenvalue weighted by Crippen LogP contribution is 2.42. The van der Waals surface area contributed by atoms with E-state index in [0.717, 1.165) is 80.1 Å². The van der Waals surface area contributed by atoms with Gasteiger partial charge < -0.3 is 24.6 Å². The molecule has 0 saturated carbocycles. The number of nitriles is 1. The van der Waals surface area contributed by atoms with E-state index in [1.54, 1.807) is 20.4 Å². The number of aryl methyl sites for hydroxylation is 1. The van der Waals surface area contributed by atoms with Crippen molar-refractivity contribution in [3.8, 4) is 23.1 Å².